The molecule has 0 aliphatic carbocycles. The Hall–Kier alpha value is -3.55. The normalized spacial score (nSPS) is 11.0. The van der Waals surface area contributed by atoms with Crippen LogP contribution in [0.3, 0.4) is 0 Å². The van der Waals surface area contributed by atoms with Gasteiger partial charge in [-0.3, -0.25) is 9.59 Å². The van der Waals surface area contributed by atoms with Gasteiger partial charge in [-0.15, -0.1) is 0 Å². The number of ether oxygens (including phenoxy) is 1. The molecular formula is C22H22FN3O4. The molecule has 7 nitrogen and oxygen atoms in total. The zero-order valence-corrected chi connectivity index (χ0v) is 17.0. The molecule has 0 saturated carbocycles. The van der Waals surface area contributed by atoms with Gasteiger partial charge in [-0.05, 0) is 51.1 Å². The van der Waals surface area contributed by atoms with Crippen LogP contribution in [-0.4, -0.2) is 34.8 Å². The number of likely N-dealkylation sites (N-methyl/N-ethyl adjacent to an activating group) is 1. The van der Waals surface area contributed by atoms with Crippen LogP contribution in [0.4, 0.5) is 10.1 Å². The quantitative estimate of drug-likeness (QED) is 0.581. The van der Waals surface area contributed by atoms with Crippen LogP contribution in [-0.2, 0) is 9.53 Å². The van der Waals surface area contributed by atoms with Crippen molar-refractivity contribution in [1.82, 2.24) is 9.78 Å². The molecule has 0 bridgehead atoms. The van der Waals surface area contributed by atoms with Gasteiger partial charge in [0.25, 0.3) is 11.5 Å². The number of halogens is 1. The van der Waals surface area contributed by atoms with Crippen molar-refractivity contribution in [3.05, 3.63) is 70.4 Å². The van der Waals surface area contributed by atoms with Crippen LogP contribution < -0.4 is 10.5 Å². The predicted octanol–water partition coefficient (Wildman–Crippen LogP) is 3.33. The Morgan fingerprint density at radius 3 is 2.33 bits per heavy atom. The molecule has 0 aliphatic rings. The van der Waals surface area contributed by atoms with Crippen molar-refractivity contribution in [2.24, 2.45) is 0 Å². The van der Waals surface area contributed by atoms with Gasteiger partial charge < -0.3 is 9.64 Å². The molecule has 30 heavy (non-hydrogen) atoms. The van der Waals surface area contributed by atoms with Gasteiger partial charge in [-0.25, -0.2) is 13.9 Å². The second kappa shape index (κ2) is 8.86. The Labute approximate surface area is 172 Å². The molecule has 0 spiro atoms. The number of carbonyl (C=O) groups excluding carboxylic acids is 2. The van der Waals surface area contributed by atoms with Crippen molar-refractivity contribution in [2.45, 2.75) is 26.8 Å². The molecule has 0 unspecified atom stereocenters. The summed E-state index contributed by atoms with van der Waals surface area (Å²) in [5.74, 6) is -1.67. The van der Waals surface area contributed by atoms with Crippen LogP contribution in [0.25, 0.3) is 10.8 Å². The molecule has 0 saturated heterocycles. The first-order chi connectivity index (χ1) is 14.3. The number of aromatic nitrogens is 2. The van der Waals surface area contributed by atoms with E-state index in [0.29, 0.717) is 23.0 Å². The van der Waals surface area contributed by atoms with Crippen molar-refractivity contribution in [3.8, 4) is 0 Å². The zero-order valence-electron chi connectivity index (χ0n) is 17.0. The van der Waals surface area contributed by atoms with Crippen molar-refractivity contribution in [1.29, 1.82) is 0 Å². The lowest BCUT2D eigenvalue weighted by Crippen LogP contribution is -2.35. The van der Waals surface area contributed by atoms with Crippen LogP contribution in [0, 0.1) is 5.82 Å². The number of hydrogen-bond acceptors (Lipinski definition) is 5. The third-order valence-corrected chi connectivity index (χ3v) is 4.59. The van der Waals surface area contributed by atoms with Crippen LogP contribution in [0.1, 0.15) is 37.3 Å². The fourth-order valence-electron chi connectivity index (χ4n) is 3.10. The second-order valence-corrected chi connectivity index (χ2v) is 6.93. The smallest absolute Gasteiger partial charge is 0.359 e. The maximum atomic E-state index is 13.1. The fraction of sp³-hybridized carbons (Fsp3) is 0.273. The first kappa shape index (κ1) is 21.2. The minimum atomic E-state index is -0.802. The SMILES string of the molecule is CCN(C(=O)COC(=O)c1nn(C(C)C)c(=O)c2ccccc12)c1ccc(F)cc1. The Bertz CT molecular complexity index is 1140. The highest BCUT2D eigenvalue weighted by Crippen LogP contribution is 2.17. The number of benzene rings is 2. The number of rotatable bonds is 6. The first-order valence-corrected chi connectivity index (χ1v) is 9.58. The molecule has 3 rings (SSSR count). The van der Waals surface area contributed by atoms with E-state index in [1.807, 2.05) is 0 Å². The van der Waals surface area contributed by atoms with E-state index in [0.717, 1.165) is 0 Å². The third-order valence-electron chi connectivity index (χ3n) is 4.59. The summed E-state index contributed by atoms with van der Waals surface area (Å²) in [5, 5.41) is 4.89. The van der Waals surface area contributed by atoms with Gasteiger partial charge >= 0.3 is 5.97 Å². The highest BCUT2D eigenvalue weighted by molar-refractivity contribution is 6.03. The summed E-state index contributed by atoms with van der Waals surface area (Å²) in [4.78, 5) is 39.3. The number of amides is 1. The summed E-state index contributed by atoms with van der Waals surface area (Å²) in [6.07, 6.45) is 0. The highest BCUT2D eigenvalue weighted by atomic mass is 19.1. The van der Waals surface area contributed by atoms with E-state index in [4.69, 9.17) is 4.74 Å². The number of hydrogen-bond donors (Lipinski definition) is 0. The van der Waals surface area contributed by atoms with E-state index < -0.39 is 24.3 Å². The van der Waals surface area contributed by atoms with Gasteiger partial charge in [0, 0.05) is 17.6 Å². The number of anilines is 1. The summed E-state index contributed by atoms with van der Waals surface area (Å²) in [5.41, 5.74) is 0.162. The summed E-state index contributed by atoms with van der Waals surface area (Å²) in [6, 6.07) is 11.8. The molecule has 0 aliphatic heterocycles. The second-order valence-electron chi connectivity index (χ2n) is 6.93. The maximum Gasteiger partial charge on any atom is 0.359 e. The van der Waals surface area contributed by atoms with Crippen LogP contribution in [0.2, 0.25) is 0 Å². The van der Waals surface area contributed by atoms with E-state index in [1.165, 1.54) is 33.8 Å². The van der Waals surface area contributed by atoms with Crippen molar-refractivity contribution in [2.75, 3.05) is 18.1 Å². The van der Waals surface area contributed by atoms with E-state index in [1.54, 1.807) is 45.0 Å². The minimum Gasteiger partial charge on any atom is -0.451 e. The first-order valence-electron chi connectivity index (χ1n) is 9.58. The van der Waals surface area contributed by atoms with E-state index >= 15 is 0 Å². The molecular weight excluding hydrogens is 389 g/mol. The van der Waals surface area contributed by atoms with E-state index in [-0.39, 0.29) is 17.3 Å². The topological polar surface area (TPSA) is 81.5 Å². The monoisotopic (exact) mass is 411 g/mol. The molecule has 2 aromatic carbocycles. The van der Waals surface area contributed by atoms with E-state index in [2.05, 4.69) is 5.10 Å². The molecule has 156 valence electrons. The van der Waals surface area contributed by atoms with Crippen molar-refractivity contribution in [3.63, 3.8) is 0 Å². The highest BCUT2D eigenvalue weighted by Gasteiger charge is 2.21. The van der Waals surface area contributed by atoms with Gasteiger partial charge in [0.2, 0.25) is 0 Å². The number of carbonyl (C=O) groups is 2. The van der Waals surface area contributed by atoms with Crippen molar-refractivity contribution < 1.29 is 18.7 Å². The molecule has 8 heteroatoms. The Morgan fingerprint density at radius 1 is 1.10 bits per heavy atom. The predicted molar refractivity (Wildman–Crippen MR) is 111 cm³/mol. The van der Waals surface area contributed by atoms with E-state index in [9.17, 15) is 18.8 Å². The summed E-state index contributed by atoms with van der Waals surface area (Å²) in [6.45, 7) is 5.13. The standard InChI is InChI=1S/C22H22FN3O4/c1-4-25(16-11-9-15(23)10-12-16)19(27)13-30-22(29)20-17-7-5-6-8-18(17)21(28)26(24-20)14(2)3/h5-12,14H,4,13H2,1-3H3. The van der Waals surface area contributed by atoms with Gasteiger partial charge in [-0.2, -0.15) is 5.10 Å². The lowest BCUT2D eigenvalue weighted by Gasteiger charge is -2.21. The minimum absolute atomic E-state index is 0.0310. The fourth-order valence-corrected chi connectivity index (χ4v) is 3.10. The van der Waals surface area contributed by atoms with Gasteiger partial charge in [0.05, 0.1) is 11.4 Å². The molecule has 0 fully saturated rings. The van der Waals surface area contributed by atoms with Crippen molar-refractivity contribution >= 4 is 28.3 Å². The number of fused-ring (bicyclic) bond motifs is 1. The third kappa shape index (κ3) is 4.22. The average molecular weight is 411 g/mol. The number of esters is 1. The van der Waals surface area contributed by atoms with Crippen LogP contribution >= 0.6 is 0 Å². The van der Waals surface area contributed by atoms with Gasteiger partial charge in [0.1, 0.15) is 5.82 Å². The molecule has 1 amide bonds. The lowest BCUT2D eigenvalue weighted by atomic mass is 10.1. The molecule has 0 atom stereocenters. The average Bonchev–Trinajstić information content (AvgIpc) is 2.74. The molecule has 1 heterocycles. The van der Waals surface area contributed by atoms with Crippen LogP contribution in [0.5, 0.6) is 0 Å². The van der Waals surface area contributed by atoms with Crippen LogP contribution in [0.15, 0.2) is 53.3 Å². The Balaban J connectivity index is 1.84. The Kier molecular flexibility index (Phi) is 6.25. The van der Waals surface area contributed by atoms with Gasteiger partial charge in [0.15, 0.2) is 12.3 Å². The lowest BCUT2D eigenvalue weighted by molar-refractivity contribution is -0.121. The molecule has 3 aromatic rings. The number of nitrogens with zero attached hydrogens (tertiary/aromatic N) is 3. The Morgan fingerprint density at radius 2 is 1.73 bits per heavy atom. The molecule has 0 N–H and O–H groups in total. The maximum absolute atomic E-state index is 13.1. The summed E-state index contributed by atoms with van der Waals surface area (Å²) >= 11 is 0. The summed E-state index contributed by atoms with van der Waals surface area (Å²) < 4.78 is 19.6. The van der Waals surface area contributed by atoms with Gasteiger partial charge in [-0.1, -0.05) is 18.2 Å². The summed E-state index contributed by atoms with van der Waals surface area (Å²) in [7, 11) is 0. The molecule has 0 radical (unpaired) electrons. The molecule has 1 aromatic heterocycles. The largest absolute Gasteiger partial charge is 0.451 e. The zero-order chi connectivity index (χ0) is 21.8.